The van der Waals surface area contributed by atoms with Gasteiger partial charge in [0.1, 0.15) is 0 Å². The standard InChI is InChI=1S/C19H21.C7H9.C2H6Si.2ClH.Zr/c1-12(2)14-5-7-18-16(9-14)11-17-10-15(13(3)4)6-8-19(17)18;1-6-4-3-5-7(6)2;1-3-2;;;/h5-9,12-13H,11H2,1-4H3;3-5H,1-2H3;1-2H3;2*1H;/q2*-1;;;;+2/p-2. The number of fused-ring (bicyclic) bond motifs is 3. The van der Waals surface area contributed by atoms with E-state index in [9.17, 15) is 0 Å². The third kappa shape index (κ3) is 9.02. The molecule has 0 aliphatic heterocycles. The zero-order chi connectivity index (χ0) is 22.4. The first-order chi connectivity index (χ1) is 14.1. The van der Waals surface area contributed by atoms with Gasteiger partial charge < -0.3 is 24.8 Å². The van der Waals surface area contributed by atoms with Gasteiger partial charge in [0.25, 0.3) is 0 Å². The molecule has 0 radical (unpaired) electrons. The summed E-state index contributed by atoms with van der Waals surface area (Å²) in [7, 11) is 0. The first-order valence-corrected chi connectivity index (χ1v) is 17.2. The van der Waals surface area contributed by atoms with E-state index in [0.29, 0.717) is 11.8 Å². The molecule has 0 saturated carbocycles. The Morgan fingerprint density at radius 1 is 0.875 bits per heavy atom. The van der Waals surface area contributed by atoms with Crippen LogP contribution in [0.15, 0.2) is 48.5 Å². The summed E-state index contributed by atoms with van der Waals surface area (Å²) in [5.74, 6) is 1.16. The van der Waals surface area contributed by atoms with Crippen molar-refractivity contribution < 1.29 is 48.1 Å². The summed E-state index contributed by atoms with van der Waals surface area (Å²) in [4.78, 5) is 0. The Balaban J connectivity index is 0.000000621. The second-order valence-electron chi connectivity index (χ2n) is 9.10. The van der Waals surface area contributed by atoms with Crippen LogP contribution < -0.4 is 24.8 Å². The van der Waals surface area contributed by atoms with Crippen molar-refractivity contribution in [3.8, 4) is 11.1 Å². The molecular formula is C28H36Cl2SiZr-2. The topological polar surface area (TPSA) is 0 Å². The smallest absolute Gasteiger partial charge is 0.0958 e. The molecule has 4 heteroatoms. The summed E-state index contributed by atoms with van der Waals surface area (Å²) in [5, 5.41) is 0. The van der Waals surface area contributed by atoms with Gasteiger partial charge in [-0.15, -0.1) is 11.1 Å². The molecule has 3 aromatic rings. The third-order valence-electron chi connectivity index (χ3n) is 5.44. The fourth-order valence-corrected chi connectivity index (χ4v) is 3.46. The molecular weight excluding hydrogens is 527 g/mol. The van der Waals surface area contributed by atoms with E-state index in [-0.39, 0.29) is 30.2 Å². The Bertz CT molecular complexity index is 926. The molecule has 172 valence electrons. The number of aryl methyl sites for hydroxylation is 2. The van der Waals surface area contributed by atoms with Crippen molar-refractivity contribution in [2.24, 2.45) is 0 Å². The molecule has 0 bridgehead atoms. The zero-order valence-electron chi connectivity index (χ0n) is 20.7. The van der Waals surface area contributed by atoms with E-state index in [0.717, 1.165) is 6.42 Å². The Morgan fingerprint density at radius 2 is 1.41 bits per heavy atom. The van der Waals surface area contributed by atoms with Crippen molar-refractivity contribution in [3.63, 3.8) is 0 Å². The van der Waals surface area contributed by atoms with Gasteiger partial charge in [0, 0.05) is 0 Å². The van der Waals surface area contributed by atoms with Crippen LogP contribution >= 0.6 is 0 Å². The third-order valence-corrected chi connectivity index (χ3v) is 5.44. The second-order valence-corrected chi connectivity index (χ2v) is 18.5. The SMILES string of the molecule is CC(C)c1[c-]c2c(cc1)-c1ccc(C(C)C)cc1C2.C[Si](C)=[Zr+2].Cc1c[cH-]cc1C.[Cl-].[Cl-]. The summed E-state index contributed by atoms with van der Waals surface area (Å²) >= 11 is 1.74. The largest absolute Gasteiger partial charge is 1.00 e. The van der Waals surface area contributed by atoms with Crippen LogP contribution in [0.1, 0.15) is 72.9 Å². The Labute approximate surface area is 224 Å². The fourth-order valence-electron chi connectivity index (χ4n) is 3.46. The average Bonchev–Trinajstić information content (AvgIpc) is 3.22. The molecule has 4 rings (SSSR count). The van der Waals surface area contributed by atoms with Gasteiger partial charge in [0.15, 0.2) is 0 Å². The van der Waals surface area contributed by atoms with E-state index >= 15 is 0 Å². The molecule has 0 N–H and O–H groups in total. The quantitative estimate of drug-likeness (QED) is 0.260. The molecule has 3 aromatic carbocycles. The summed E-state index contributed by atoms with van der Waals surface area (Å²) in [6.45, 7) is 17.8. The van der Waals surface area contributed by atoms with E-state index in [1.54, 1.807) is 23.3 Å². The predicted octanol–water partition coefficient (Wildman–Crippen LogP) is 2.12. The Kier molecular flexibility index (Phi) is 14.4. The minimum Gasteiger partial charge on any atom is -1.00 e. The van der Waals surface area contributed by atoms with Crippen molar-refractivity contribution in [1.29, 1.82) is 0 Å². The Morgan fingerprint density at radius 3 is 1.84 bits per heavy atom. The normalized spacial score (nSPS) is 10.6. The minimum atomic E-state index is 0. The van der Waals surface area contributed by atoms with Gasteiger partial charge in [-0.05, 0) is 29.4 Å². The summed E-state index contributed by atoms with van der Waals surface area (Å²) < 4.78 is 0. The minimum absolute atomic E-state index is 0. The zero-order valence-corrected chi connectivity index (χ0v) is 25.7. The van der Waals surface area contributed by atoms with E-state index in [2.05, 4.69) is 109 Å². The predicted molar refractivity (Wildman–Crippen MR) is 131 cm³/mol. The van der Waals surface area contributed by atoms with Gasteiger partial charge in [-0.25, -0.2) is 0 Å². The molecule has 0 heterocycles. The van der Waals surface area contributed by atoms with Crippen LogP contribution in [-0.4, -0.2) is 5.43 Å². The summed E-state index contributed by atoms with van der Waals surface area (Å²) in [6.07, 6.45) is 1.05. The van der Waals surface area contributed by atoms with Crippen molar-refractivity contribution in [2.75, 3.05) is 0 Å². The monoisotopic (exact) mass is 560 g/mol. The first-order valence-electron chi connectivity index (χ1n) is 11.0. The molecule has 32 heavy (non-hydrogen) atoms. The maximum atomic E-state index is 3.62. The van der Waals surface area contributed by atoms with Crippen LogP contribution in [0.3, 0.4) is 0 Å². The van der Waals surface area contributed by atoms with Gasteiger partial charge in [-0.2, -0.15) is 53.1 Å². The molecule has 1 aliphatic carbocycles. The second kappa shape index (κ2) is 14.7. The van der Waals surface area contributed by atoms with Crippen molar-refractivity contribution in [3.05, 3.63) is 88.0 Å². The molecule has 0 unspecified atom stereocenters. The van der Waals surface area contributed by atoms with Crippen LogP contribution in [0.25, 0.3) is 11.1 Å². The van der Waals surface area contributed by atoms with Gasteiger partial charge >= 0.3 is 41.9 Å². The average molecular weight is 563 g/mol. The maximum absolute atomic E-state index is 3.62. The van der Waals surface area contributed by atoms with E-state index in [1.807, 2.05) is 0 Å². The van der Waals surface area contributed by atoms with Gasteiger partial charge in [0.2, 0.25) is 0 Å². The number of hydrogen-bond donors (Lipinski definition) is 0. The van der Waals surface area contributed by atoms with Crippen LogP contribution in [-0.2, 0) is 29.8 Å². The van der Waals surface area contributed by atoms with E-state index < -0.39 is 0 Å². The van der Waals surface area contributed by atoms with Gasteiger partial charge in [-0.1, -0.05) is 65.3 Å². The number of rotatable bonds is 2. The molecule has 0 fully saturated rings. The van der Waals surface area contributed by atoms with Crippen LogP contribution in [0.5, 0.6) is 0 Å². The molecule has 0 amide bonds. The first kappa shape index (κ1) is 31.5. The van der Waals surface area contributed by atoms with Crippen molar-refractivity contribution in [2.45, 2.75) is 72.9 Å². The van der Waals surface area contributed by atoms with Crippen molar-refractivity contribution >= 4 is 5.43 Å². The fraction of sp³-hybridized carbons (Fsp3) is 0.393. The van der Waals surface area contributed by atoms with Crippen LogP contribution in [0.4, 0.5) is 0 Å². The molecule has 1 aliphatic rings. The van der Waals surface area contributed by atoms with Crippen molar-refractivity contribution in [1.82, 2.24) is 0 Å². The van der Waals surface area contributed by atoms with E-state index in [4.69, 9.17) is 0 Å². The maximum Gasteiger partial charge on any atom is -0.0958 e. The van der Waals surface area contributed by atoms with Gasteiger partial charge in [0.05, 0.1) is 0 Å². The Hall–Kier alpha value is -0.530. The number of halogens is 2. The molecule has 0 aromatic heterocycles. The molecule has 0 nitrogen and oxygen atoms in total. The molecule has 0 spiro atoms. The van der Waals surface area contributed by atoms with Crippen LogP contribution in [0, 0.1) is 19.9 Å². The van der Waals surface area contributed by atoms with Crippen LogP contribution in [0.2, 0.25) is 13.1 Å². The summed E-state index contributed by atoms with van der Waals surface area (Å²) in [5.41, 5.74) is 11.4. The summed E-state index contributed by atoms with van der Waals surface area (Å²) in [6, 6.07) is 21.4. The van der Waals surface area contributed by atoms with Gasteiger partial charge in [-0.3, -0.25) is 0 Å². The molecule has 0 saturated heterocycles. The number of hydrogen-bond acceptors (Lipinski definition) is 0. The number of benzene rings is 2. The molecule has 0 atom stereocenters. The van der Waals surface area contributed by atoms with E-state index in [1.165, 1.54) is 44.5 Å².